The third-order valence-electron chi connectivity index (χ3n) is 3.77. The number of hydrogen-bond acceptors (Lipinski definition) is 4. The lowest BCUT2D eigenvalue weighted by Crippen LogP contribution is -2.45. The van der Waals surface area contributed by atoms with Gasteiger partial charge in [0.05, 0.1) is 5.69 Å². The Labute approximate surface area is 115 Å². The number of aromatic nitrogens is 1. The first-order valence-corrected chi connectivity index (χ1v) is 8.13. The van der Waals surface area contributed by atoms with Crippen molar-refractivity contribution in [2.45, 2.75) is 31.1 Å². The first-order valence-electron chi connectivity index (χ1n) is 6.63. The molecule has 6 heteroatoms. The smallest absolute Gasteiger partial charge is 0.222 e. The van der Waals surface area contributed by atoms with Gasteiger partial charge in [0.1, 0.15) is 5.25 Å². The van der Waals surface area contributed by atoms with Gasteiger partial charge in [0.15, 0.2) is 0 Å². The molecule has 1 aliphatic heterocycles. The fraction of sp³-hybridized carbons (Fsp3) is 0.615. The van der Waals surface area contributed by atoms with Gasteiger partial charge in [-0.1, -0.05) is 6.07 Å². The number of pyridine rings is 1. The maximum absolute atomic E-state index is 12.5. The van der Waals surface area contributed by atoms with Crippen molar-refractivity contribution in [2.24, 2.45) is 0 Å². The summed E-state index contributed by atoms with van der Waals surface area (Å²) in [6, 6.07) is 5.81. The van der Waals surface area contributed by atoms with Crippen molar-refractivity contribution in [1.82, 2.24) is 14.6 Å². The van der Waals surface area contributed by atoms with Gasteiger partial charge in [0.2, 0.25) is 10.0 Å². The Hall–Kier alpha value is -0.980. The molecule has 0 aromatic carbocycles. The van der Waals surface area contributed by atoms with Gasteiger partial charge in [-0.3, -0.25) is 4.98 Å². The third kappa shape index (κ3) is 3.13. The highest BCUT2D eigenvalue weighted by Gasteiger charge is 2.33. The van der Waals surface area contributed by atoms with Gasteiger partial charge in [0.25, 0.3) is 0 Å². The van der Waals surface area contributed by atoms with Crippen LogP contribution >= 0.6 is 0 Å². The Morgan fingerprint density at radius 1 is 1.37 bits per heavy atom. The molecular weight excluding hydrogens is 262 g/mol. The molecule has 1 saturated heterocycles. The number of hydrogen-bond donors (Lipinski definition) is 1. The predicted octanol–water partition coefficient (Wildman–Crippen LogP) is 1.16. The molecule has 0 spiro atoms. The minimum atomic E-state index is -3.30. The molecule has 0 radical (unpaired) electrons. The quantitative estimate of drug-likeness (QED) is 0.900. The summed E-state index contributed by atoms with van der Waals surface area (Å²) in [5.74, 6) is 0. The topological polar surface area (TPSA) is 62.3 Å². The molecule has 0 aliphatic carbocycles. The second-order valence-corrected chi connectivity index (χ2v) is 7.16. The Bertz CT molecular complexity index is 496. The molecule has 1 fully saturated rings. The molecule has 0 saturated carbocycles. The second kappa shape index (κ2) is 5.98. The highest BCUT2D eigenvalue weighted by Crippen LogP contribution is 2.26. The van der Waals surface area contributed by atoms with Crippen molar-refractivity contribution < 1.29 is 8.42 Å². The lowest BCUT2D eigenvalue weighted by molar-refractivity contribution is 0.296. The molecule has 19 heavy (non-hydrogen) atoms. The number of nitrogens with one attached hydrogen (secondary N) is 1. The van der Waals surface area contributed by atoms with Crippen LogP contribution in [0.2, 0.25) is 0 Å². The van der Waals surface area contributed by atoms with Gasteiger partial charge in [-0.2, -0.15) is 0 Å². The van der Waals surface area contributed by atoms with Crippen LogP contribution in [0.5, 0.6) is 0 Å². The van der Waals surface area contributed by atoms with Crippen LogP contribution in [0.25, 0.3) is 0 Å². The average Bonchev–Trinajstić information content (AvgIpc) is 2.47. The molecule has 2 heterocycles. The fourth-order valence-corrected chi connectivity index (χ4v) is 4.00. The molecule has 1 aromatic heterocycles. The van der Waals surface area contributed by atoms with Crippen LogP contribution < -0.4 is 5.32 Å². The maximum Gasteiger partial charge on any atom is 0.222 e. The minimum absolute atomic E-state index is 0.427. The van der Waals surface area contributed by atoms with Gasteiger partial charge in [-0.15, -0.1) is 0 Å². The lowest BCUT2D eigenvalue weighted by Gasteiger charge is -2.32. The van der Waals surface area contributed by atoms with E-state index in [9.17, 15) is 8.42 Å². The van der Waals surface area contributed by atoms with Gasteiger partial charge in [-0.05, 0) is 38.9 Å². The number of piperidine rings is 1. The monoisotopic (exact) mass is 283 g/mol. The van der Waals surface area contributed by atoms with Crippen molar-refractivity contribution in [3.05, 3.63) is 30.1 Å². The molecule has 0 amide bonds. The molecule has 5 nitrogen and oxygen atoms in total. The van der Waals surface area contributed by atoms with E-state index in [-0.39, 0.29) is 0 Å². The summed E-state index contributed by atoms with van der Waals surface area (Å²) in [4.78, 5) is 4.15. The summed E-state index contributed by atoms with van der Waals surface area (Å²) in [5.41, 5.74) is 0.609. The standard InChI is InChI=1S/C13H21N3O2S/c1-11(13-5-3-4-8-15-13)19(17,18)16-9-6-12(14-2)7-10-16/h3-5,8,11-12,14H,6-7,9-10H2,1-2H3/t11-/m0/s1. The fourth-order valence-electron chi connectivity index (χ4n) is 2.39. The molecule has 106 valence electrons. The summed E-state index contributed by atoms with van der Waals surface area (Å²) >= 11 is 0. The van der Waals surface area contributed by atoms with Gasteiger partial charge in [-0.25, -0.2) is 12.7 Å². The Kier molecular flexibility index (Phi) is 4.54. The molecule has 1 atom stereocenters. The van der Waals surface area contributed by atoms with Crippen LogP contribution in [0.4, 0.5) is 0 Å². The predicted molar refractivity (Wildman–Crippen MR) is 75.2 cm³/mol. The van der Waals surface area contributed by atoms with Crippen LogP contribution in [-0.2, 0) is 10.0 Å². The number of nitrogens with zero attached hydrogens (tertiary/aromatic N) is 2. The van der Waals surface area contributed by atoms with Gasteiger partial charge < -0.3 is 5.32 Å². The van der Waals surface area contributed by atoms with Gasteiger partial charge in [0, 0.05) is 25.3 Å². The number of sulfonamides is 1. The minimum Gasteiger partial charge on any atom is -0.317 e. The maximum atomic E-state index is 12.5. The molecule has 1 N–H and O–H groups in total. The van der Waals surface area contributed by atoms with E-state index < -0.39 is 15.3 Å². The van der Waals surface area contributed by atoms with Crippen molar-refractivity contribution in [2.75, 3.05) is 20.1 Å². The van der Waals surface area contributed by atoms with E-state index in [0.29, 0.717) is 24.8 Å². The molecule has 1 aromatic rings. The Morgan fingerprint density at radius 3 is 2.58 bits per heavy atom. The first-order chi connectivity index (χ1) is 9.05. The van der Waals surface area contributed by atoms with E-state index in [1.54, 1.807) is 29.6 Å². The van der Waals surface area contributed by atoms with Crippen LogP contribution in [0.15, 0.2) is 24.4 Å². The van der Waals surface area contributed by atoms with E-state index in [0.717, 1.165) is 12.8 Å². The van der Waals surface area contributed by atoms with Crippen molar-refractivity contribution in [1.29, 1.82) is 0 Å². The van der Waals surface area contributed by atoms with Gasteiger partial charge >= 0.3 is 0 Å². The van der Waals surface area contributed by atoms with Crippen LogP contribution in [0.1, 0.15) is 30.7 Å². The average molecular weight is 283 g/mol. The normalized spacial score (nSPS) is 20.3. The van der Waals surface area contributed by atoms with Crippen molar-refractivity contribution in [3.63, 3.8) is 0 Å². The summed E-state index contributed by atoms with van der Waals surface area (Å²) in [5, 5.41) is 2.62. The first kappa shape index (κ1) is 14.4. The summed E-state index contributed by atoms with van der Waals surface area (Å²) in [6.45, 7) is 2.89. The van der Waals surface area contributed by atoms with Crippen LogP contribution in [0, 0.1) is 0 Å². The van der Waals surface area contributed by atoms with Crippen molar-refractivity contribution >= 4 is 10.0 Å². The van der Waals surface area contributed by atoms with Crippen LogP contribution in [-0.4, -0.2) is 43.9 Å². The summed E-state index contributed by atoms with van der Waals surface area (Å²) in [7, 11) is -1.38. The van der Waals surface area contributed by atoms with Crippen molar-refractivity contribution in [3.8, 4) is 0 Å². The molecule has 0 bridgehead atoms. The van der Waals surface area contributed by atoms with Crippen LogP contribution in [0.3, 0.4) is 0 Å². The largest absolute Gasteiger partial charge is 0.317 e. The molecule has 1 aliphatic rings. The molecule has 0 unspecified atom stereocenters. The molecular formula is C13H21N3O2S. The highest BCUT2D eigenvalue weighted by atomic mass is 32.2. The molecule has 2 rings (SSSR count). The lowest BCUT2D eigenvalue weighted by atomic mass is 10.1. The summed E-state index contributed by atoms with van der Waals surface area (Å²) in [6.07, 6.45) is 3.37. The zero-order valence-electron chi connectivity index (χ0n) is 11.4. The number of rotatable bonds is 4. The second-order valence-electron chi connectivity index (χ2n) is 4.90. The van der Waals surface area contributed by atoms with E-state index >= 15 is 0 Å². The Morgan fingerprint density at radius 2 is 2.05 bits per heavy atom. The summed E-state index contributed by atoms with van der Waals surface area (Å²) < 4.78 is 26.7. The third-order valence-corrected chi connectivity index (χ3v) is 5.99. The van der Waals surface area contributed by atoms with E-state index in [2.05, 4.69) is 10.3 Å². The van der Waals surface area contributed by atoms with E-state index in [4.69, 9.17) is 0 Å². The SMILES string of the molecule is CNC1CCN(S(=O)(=O)[C@@H](C)c2ccccn2)CC1. The zero-order chi connectivity index (χ0) is 13.9. The van der Waals surface area contributed by atoms with E-state index in [1.165, 1.54) is 0 Å². The zero-order valence-corrected chi connectivity index (χ0v) is 12.2. The highest BCUT2D eigenvalue weighted by molar-refractivity contribution is 7.89. The van der Waals surface area contributed by atoms with E-state index in [1.807, 2.05) is 13.1 Å². The Balaban J connectivity index is 2.11.